The molecule has 4 nitrogen and oxygen atoms in total. The Morgan fingerprint density at radius 1 is 1.75 bits per heavy atom. The van der Waals surface area contributed by atoms with Crippen LogP contribution in [0.1, 0.15) is 0 Å². The number of amides is 2. The summed E-state index contributed by atoms with van der Waals surface area (Å²) in [6, 6.07) is -0.208. The van der Waals surface area contributed by atoms with Crippen molar-refractivity contribution >= 4 is 18.9 Å². The summed E-state index contributed by atoms with van der Waals surface area (Å²) in [6.45, 7) is 0. The summed E-state index contributed by atoms with van der Waals surface area (Å²) in [5.74, 6) is 0. The number of quaternary nitrogens is 1. The lowest BCUT2D eigenvalue weighted by Gasteiger charge is -2.02. The summed E-state index contributed by atoms with van der Waals surface area (Å²) in [5, 5.41) is 0. The van der Waals surface area contributed by atoms with Gasteiger partial charge in [-0.1, -0.05) is 0 Å². The number of hydroxylamine groups is 1. The monoisotopic (exact) mass is 137 g/mol. The van der Waals surface area contributed by atoms with E-state index >= 15 is 0 Å². The van der Waals surface area contributed by atoms with Crippen molar-refractivity contribution in [2.75, 3.05) is 14.1 Å². The van der Waals surface area contributed by atoms with Crippen LogP contribution in [-0.2, 0) is 4.28 Å². The van der Waals surface area contributed by atoms with Crippen LogP contribution in [0, 0.1) is 0 Å². The maximum Gasteiger partial charge on any atom is 0.448 e. The summed E-state index contributed by atoms with van der Waals surface area (Å²) < 4.78 is 4.14. The number of urea groups is 1. The third-order valence-corrected chi connectivity index (χ3v) is 0.700. The summed E-state index contributed by atoms with van der Waals surface area (Å²) in [4.78, 5) is 11.8. The smallest absolute Gasteiger partial charge is 0.296 e. The topological polar surface area (TPSA) is 46.2 Å². The van der Waals surface area contributed by atoms with Crippen LogP contribution in [0.15, 0.2) is 0 Å². The van der Waals surface area contributed by atoms with Gasteiger partial charge in [-0.15, -0.1) is 9.76 Å². The molecule has 0 aliphatic heterocycles. The molecule has 2 N–H and O–H groups in total. The van der Waals surface area contributed by atoms with Gasteiger partial charge in [0, 0.05) is 27.0 Å². The number of hydrogen-bond donors (Lipinski definition) is 2. The van der Waals surface area contributed by atoms with Crippen LogP contribution in [-0.4, -0.2) is 25.0 Å². The van der Waals surface area contributed by atoms with E-state index in [1.165, 1.54) is 4.90 Å². The van der Waals surface area contributed by atoms with Gasteiger partial charge in [0.15, 0.2) is 0 Å². The summed E-state index contributed by atoms with van der Waals surface area (Å²) in [7, 11) is 3.26. The number of nitrogens with two attached hydrogens (primary N) is 1. The van der Waals surface area contributed by atoms with E-state index in [0.717, 1.165) is 5.48 Å². The number of thiol groups is 1. The van der Waals surface area contributed by atoms with Gasteiger partial charge in [-0.2, -0.15) is 0 Å². The number of carbonyl (C=O) groups excluding carboxylic acids is 1. The molecule has 8 heavy (non-hydrogen) atoms. The molecule has 0 aromatic heterocycles. The maximum absolute atomic E-state index is 10.4. The fourth-order valence-corrected chi connectivity index (χ4v) is 0.241. The van der Waals surface area contributed by atoms with E-state index in [1.54, 1.807) is 14.1 Å². The molecule has 0 bridgehead atoms. The zero-order valence-electron chi connectivity index (χ0n) is 4.79. The zero-order valence-corrected chi connectivity index (χ0v) is 5.68. The van der Waals surface area contributed by atoms with Crippen molar-refractivity contribution in [3.8, 4) is 0 Å². The summed E-state index contributed by atoms with van der Waals surface area (Å²) in [6.07, 6.45) is 0. The van der Waals surface area contributed by atoms with Gasteiger partial charge in [0.25, 0.3) is 0 Å². The molecular formula is C3H9N2O2S+. The first-order valence-corrected chi connectivity index (χ1v) is 2.39. The molecular weight excluding hydrogens is 128 g/mol. The average molecular weight is 137 g/mol. The molecule has 0 aliphatic rings. The lowest BCUT2D eigenvalue weighted by Crippen LogP contribution is -2.87. The molecule has 0 heterocycles. The molecule has 0 spiro atoms. The Labute approximate surface area is 53.4 Å². The first-order valence-electron chi connectivity index (χ1n) is 2.03. The highest BCUT2D eigenvalue weighted by atomic mass is 32.1. The molecule has 0 saturated carbocycles. The average Bonchev–Trinajstić information content (AvgIpc) is 1.67. The molecule has 0 aliphatic carbocycles. The van der Waals surface area contributed by atoms with Crippen molar-refractivity contribution in [3.63, 3.8) is 0 Å². The molecule has 2 amide bonds. The first-order chi connectivity index (χ1) is 3.68. The predicted molar refractivity (Wildman–Crippen MR) is 31.1 cm³/mol. The Hall–Kier alpha value is -0.260. The Morgan fingerprint density at radius 2 is 2.25 bits per heavy atom. The fourth-order valence-electron chi connectivity index (χ4n) is 0.150. The molecule has 0 aromatic carbocycles. The highest BCUT2D eigenvalue weighted by Gasteiger charge is 2.05. The van der Waals surface area contributed by atoms with Gasteiger partial charge in [-0.3, -0.25) is 4.90 Å². The second-order valence-corrected chi connectivity index (χ2v) is 1.67. The lowest BCUT2D eigenvalue weighted by atomic mass is 10.9. The van der Waals surface area contributed by atoms with Crippen LogP contribution >= 0.6 is 12.9 Å². The number of hydrogen-bond acceptors (Lipinski definition) is 3. The minimum atomic E-state index is -0.208. The van der Waals surface area contributed by atoms with Crippen LogP contribution in [0.3, 0.4) is 0 Å². The highest BCUT2D eigenvalue weighted by Crippen LogP contribution is 1.67. The van der Waals surface area contributed by atoms with Crippen LogP contribution in [0.5, 0.6) is 0 Å². The molecule has 0 radical (unpaired) electrons. The van der Waals surface area contributed by atoms with Crippen molar-refractivity contribution in [2.45, 2.75) is 0 Å². The number of rotatable bonds is 1. The standard InChI is InChI=1S/C3H8N2O2S/c1-5(2)3(6)4-7-8/h8H,1-2H3,(H,4,6)/p+1. The second-order valence-electron chi connectivity index (χ2n) is 1.46. The Bertz CT molecular complexity index is 85.4. The first kappa shape index (κ1) is 7.74. The highest BCUT2D eigenvalue weighted by molar-refractivity contribution is 7.74. The lowest BCUT2D eigenvalue weighted by molar-refractivity contribution is -0.778. The molecule has 0 atom stereocenters. The van der Waals surface area contributed by atoms with E-state index in [2.05, 4.69) is 17.2 Å². The zero-order chi connectivity index (χ0) is 6.57. The third kappa shape index (κ3) is 2.84. The fraction of sp³-hybridized carbons (Fsp3) is 0.667. The third-order valence-electron chi connectivity index (χ3n) is 0.594. The Kier molecular flexibility index (Phi) is 3.59. The maximum atomic E-state index is 10.4. The molecule has 0 rings (SSSR count). The van der Waals surface area contributed by atoms with Crippen LogP contribution in [0.4, 0.5) is 4.79 Å². The van der Waals surface area contributed by atoms with Gasteiger partial charge in [0.05, 0.1) is 0 Å². The minimum Gasteiger partial charge on any atom is -0.296 e. The molecule has 48 valence electrons. The molecule has 5 heteroatoms. The predicted octanol–water partition coefficient (Wildman–Crippen LogP) is -0.992. The van der Waals surface area contributed by atoms with E-state index in [9.17, 15) is 4.79 Å². The minimum absolute atomic E-state index is 0.208. The van der Waals surface area contributed by atoms with Crippen molar-refractivity contribution in [1.82, 2.24) is 4.90 Å². The van der Waals surface area contributed by atoms with Gasteiger partial charge in [-0.05, 0) is 0 Å². The number of primary amides is 1. The second kappa shape index (κ2) is 3.71. The SMILES string of the molecule is CN(C)C(=O)[NH2+]OS. The Balaban J connectivity index is 3.33. The van der Waals surface area contributed by atoms with Gasteiger partial charge in [0.2, 0.25) is 0 Å². The van der Waals surface area contributed by atoms with Gasteiger partial charge in [0.1, 0.15) is 0 Å². The van der Waals surface area contributed by atoms with Gasteiger partial charge < -0.3 is 0 Å². The Morgan fingerprint density at radius 3 is 2.38 bits per heavy atom. The van der Waals surface area contributed by atoms with E-state index in [0.29, 0.717) is 0 Å². The van der Waals surface area contributed by atoms with E-state index in [-0.39, 0.29) is 6.03 Å². The van der Waals surface area contributed by atoms with Crippen LogP contribution in [0.25, 0.3) is 0 Å². The van der Waals surface area contributed by atoms with Crippen LogP contribution < -0.4 is 5.48 Å². The van der Waals surface area contributed by atoms with Crippen molar-refractivity contribution < 1.29 is 14.6 Å². The molecule has 0 saturated heterocycles. The van der Waals surface area contributed by atoms with Crippen molar-refractivity contribution in [1.29, 1.82) is 0 Å². The quantitative estimate of drug-likeness (QED) is 0.277. The van der Waals surface area contributed by atoms with E-state index in [1.807, 2.05) is 0 Å². The van der Waals surface area contributed by atoms with Crippen molar-refractivity contribution in [2.24, 2.45) is 0 Å². The molecule has 0 aromatic rings. The summed E-state index contributed by atoms with van der Waals surface area (Å²) >= 11 is 3.35. The van der Waals surface area contributed by atoms with Crippen LogP contribution in [0.2, 0.25) is 0 Å². The normalized spacial score (nSPS) is 8.88. The molecule has 0 unspecified atom stereocenters. The molecule has 0 fully saturated rings. The van der Waals surface area contributed by atoms with Gasteiger partial charge >= 0.3 is 6.03 Å². The van der Waals surface area contributed by atoms with E-state index in [4.69, 9.17) is 0 Å². The number of carbonyl (C=O) groups is 1. The summed E-state index contributed by atoms with van der Waals surface area (Å²) in [5.41, 5.74) is 1.02. The largest absolute Gasteiger partial charge is 0.448 e. The van der Waals surface area contributed by atoms with Gasteiger partial charge in [-0.25, -0.2) is 4.79 Å². The number of nitrogens with zero attached hydrogens (tertiary/aromatic N) is 1. The van der Waals surface area contributed by atoms with E-state index < -0.39 is 0 Å². The van der Waals surface area contributed by atoms with Crippen molar-refractivity contribution in [3.05, 3.63) is 0 Å².